The van der Waals surface area contributed by atoms with Gasteiger partial charge in [0, 0.05) is 28.6 Å². The van der Waals surface area contributed by atoms with Crippen molar-refractivity contribution in [2.24, 2.45) is 0 Å². The second-order valence-corrected chi connectivity index (χ2v) is 17.0. The lowest BCUT2D eigenvalue weighted by molar-refractivity contribution is 0.218. The zero-order valence-electron chi connectivity index (χ0n) is 20.7. The molecule has 0 aliphatic rings. The molecule has 2 heterocycles. The molecule has 0 aromatic carbocycles. The van der Waals surface area contributed by atoms with Gasteiger partial charge in [0.25, 0.3) is 0 Å². The third-order valence-corrected chi connectivity index (χ3v) is 11.3. The van der Waals surface area contributed by atoms with Crippen LogP contribution in [-0.2, 0) is 15.3 Å². The fourth-order valence-corrected chi connectivity index (χ4v) is 4.54. The first-order valence-corrected chi connectivity index (χ1v) is 14.9. The second-order valence-electron chi connectivity index (χ2n) is 10.7. The van der Waals surface area contributed by atoms with Crippen molar-refractivity contribution in [3.8, 4) is 0 Å². The zero-order valence-corrected chi connectivity index (χ0v) is 24.7. The monoisotopic (exact) mass is 554 g/mol. The van der Waals surface area contributed by atoms with Crippen molar-refractivity contribution in [3.05, 3.63) is 43.9 Å². The minimum Gasteiger partial charge on any atom is -0.416 e. The van der Waals surface area contributed by atoms with Crippen molar-refractivity contribution in [2.45, 2.75) is 77.4 Å². The molecular formula is C22H34Cl4N4O2Si. The lowest BCUT2D eigenvalue weighted by atomic mass is 9.87. The van der Waals surface area contributed by atoms with E-state index >= 15 is 0 Å². The molecule has 1 N–H and O–H groups in total. The Morgan fingerprint density at radius 3 is 1.52 bits per heavy atom. The molecule has 186 valence electrons. The summed E-state index contributed by atoms with van der Waals surface area (Å²) in [5, 5.41) is 25.5. The van der Waals surface area contributed by atoms with Gasteiger partial charge in [0.1, 0.15) is 0 Å². The highest BCUT2D eigenvalue weighted by Crippen LogP contribution is 2.39. The topological polar surface area (TPSA) is 81.0 Å². The molecule has 6 nitrogen and oxygen atoms in total. The molecule has 11 heteroatoms. The van der Waals surface area contributed by atoms with Crippen LogP contribution < -0.4 is 0 Å². The lowest BCUT2D eigenvalue weighted by Gasteiger charge is -2.39. The maximum absolute atomic E-state index is 9.11. The Morgan fingerprint density at radius 1 is 0.758 bits per heavy atom. The van der Waals surface area contributed by atoms with Crippen molar-refractivity contribution in [1.29, 1.82) is 0 Å². The van der Waals surface area contributed by atoms with E-state index in [1.165, 1.54) is 0 Å². The average molecular weight is 556 g/mol. The Bertz CT molecular complexity index is 950. The molecule has 0 radical (unpaired) electrons. The van der Waals surface area contributed by atoms with E-state index < -0.39 is 13.7 Å². The number of nitrogens with zero attached hydrogens (tertiary/aromatic N) is 4. The molecule has 2 aromatic rings. The Kier molecular flexibility index (Phi) is 10.6. The van der Waals surface area contributed by atoms with E-state index in [9.17, 15) is 0 Å². The highest BCUT2D eigenvalue weighted by Gasteiger charge is 2.39. The lowest BCUT2D eigenvalue weighted by Crippen LogP contribution is -2.44. The van der Waals surface area contributed by atoms with E-state index in [1.807, 2.05) is 13.8 Å². The van der Waals surface area contributed by atoms with E-state index in [-0.39, 0.29) is 27.4 Å². The van der Waals surface area contributed by atoms with Gasteiger partial charge in [0.15, 0.2) is 28.9 Å². The van der Waals surface area contributed by atoms with Gasteiger partial charge in [0.05, 0.1) is 6.61 Å². The Balaban J connectivity index is 0.000000361. The standard InChI is InChI=1S/C14H24Cl2N2OSi.C8H10Cl2N2O/c1-13(2,3)20(6,7)19-9-14(4,5)10-8-11(15)17-18-12(10)16;1-8(2,4-13)5-3-6(9)11-12-7(5)10/h8H,9H2,1-7H3;3,13H,4H2,1-2H3. The second kappa shape index (κ2) is 11.5. The normalized spacial score (nSPS) is 12.9. The molecule has 2 aromatic heterocycles. The third-order valence-electron chi connectivity index (χ3n) is 5.89. The number of aliphatic hydroxyl groups is 1. The highest BCUT2D eigenvalue weighted by molar-refractivity contribution is 6.74. The van der Waals surface area contributed by atoms with Crippen LogP contribution in [0.4, 0.5) is 0 Å². The summed E-state index contributed by atoms with van der Waals surface area (Å²) in [7, 11) is -1.79. The predicted molar refractivity (Wildman–Crippen MR) is 140 cm³/mol. The SMILES string of the molecule is CC(C)(CO)c1cc(Cl)nnc1Cl.CC(C)(CO[Si](C)(C)C(C)(C)C)c1cc(Cl)nnc1Cl. The fourth-order valence-electron chi connectivity index (χ4n) is 2.40. The largest absolute Gasteiger partial charge is 0.416 e. The maximum atomic E-state index is 9.11. The molecule has 0 saturated carbocycles. The van der Waals surface area contributed by atoms with Gasteiger partial charge in [0.2, 0.25) is 0 Å². The van der Waals surface area contributed by atoms with Gasteiger partial charge < -0.3 is 9.53 Å². The van der Waals surface area contributed by atoms with E-state index in [2.05, 4.69) is 68.1 Å². The van der Waals surface area contributed by atoms with Crippen LogP contribution in [0.3, 0.4) is 0 Å². The summed E-state index contributed by atoms with van der Waals surface area (Å²) in [6.45, 7) is 19.6. The first-order chi connectivity index (χ1) is 14.8. The quantitative estimate of drug-likeness (QED) is 0.381. The number of hydrogen-bond acceptors (Lipinski definition) is 6. The van der Waals surface area contributed by atoms with E-state index in [1.54, 1.807) is 12.1 Å². The van der Waals surface area contributed by atoms with Crippen LogP contribution in [0, 0.1) is 0 Å². The van der Waals surface area contributed by atoms with Crippen LogP contribution in [0.5, 0.6) is 0 Å². The van der Waals surface area contributed by atoms with Crippen molar-refractivity contribution in [1.82, 2.24) is 20.4 Å². The fraction of sp³-hybridized carbons (Fsp3) is 0.636. The van der Waals surface area contributed by atoms with Crippen molar-refractivity contribution >= 4 is 54.7 Å². The predicted octanol–water partition coefficient (Wildman–Crippen LogP) is 7.14. The van der Waals surface area contributed by atoms with Gasteiger partial charge in [-0.05, 0) is 30.3 Å². The van der Waals surface area contributed by atoms with E-state index in [4.69, 9.17) is 55.9 Å². The van der Waals surface area contributed by atoms with Crippen LogP contribution in [0.15, 0.2) is 12.1 Å². The molecule has 0 spiro atoms. The summed E-state index contributed by atoms with van der Waals surface area (Å²) >= 11 is 23.5. The number of halogens is 4. The molecule has 0 aliphatic heterocycles. The summed E-state index contributed by atoms with van der Waals surface area (Å²) < 4.78 is 6.30. The van der Waals surface area contributed by atoms with E-state index in [0.29, 0.717) is 22.5 Å². The first-order valence-electron chi connectivity index (χ1n) is 10.5. The van der Waals surface area contributed by atoms with Gasteiger partial charge in [-0.15, -0.1) is 20.4 Å². The number of aromatic nitrogens is 4. The summed E-state index contributed by atoms with van der Waals surface area (Å²) in [5.41, 5.74) is 0.873. The molecule has 0 unspecified atom stereocenters. The number of hydrogen-bond donors (Lipinski definition) is 1. The van der Waals surface area contributed by atoms with Crippen LogP contribution in [0.2, 0.25) is 38.7 Å². The smallest absolute Gasteiger partial charge is 0.192 e. The van der Waals surface area contributed by atoms with Gasteiger partial charge >= 0.3 is 0 Å². The zero-order chi connectivity index (χ0) is 25.8. The summed E-state index contributed by atoms with van der Waals surface area (Å²) in [5.74, 6) is 0. The van der Waals surface area contributed by atoms with E-state index in [0.717, 1.165) is 5.56 Å². The van der Waals surface area contributed by atoms with Gasteiger partial charge in [-0.1, -0.05) is 94.9 Å². The molecule has 33 heavy (non-hydrogen) atoms. The van der Waals surface area contributed by atoms with Crippen molar-refractivity contribution in [3.63, 3.8) is 0 Å². The average Bonchev–Trinajstić information content (AvgIpc) is 2.69. The summed E-state index contributed by atoms with van der Waals surface area (Å²) in [6.07, 6.45) is 0. The van der Waals surface area contributed by atoms with Crippen LogP contribution in [0.1, 0.15) is 59.6 Å². The van der Waals surface area contributed by atoms with Gasteiger partial charge in [-0.25, -0.2) is 0 Å². The molecule has 2 rings (SSSR count). The van der Waals surface area contributed by atoms with Crippen LogP contribution in [-0.4, -0.2) is 47.0 Å². The van der Waals surface area contributed by atoms with Crippen LogP contribution >= 0.6 is 46.4 Å². The molecule has 0 saturated heterocycles. The summed E-state index contributed by atoms with van der Waals surface area (Å²) in [6, 6.07) is 3.39. The first kappa shape index (κ1) is 30.5. The number of rotatable bonds is 6. The highest BCUT2D eigenvalue weighted by atomic mass is 35.5. The minimum absolute atomic E-state index is 0.0191. The molecular weight excluding hydrogens is 522 g/mol. The van der Waals surface area contributed by atoms with Crippen molar-refractivity contribution in [2.75, 3.05) is 13.2 Å². The molecule has 0 amide bonds. The molecule has 0 bridgehead atoms. The molecule has 0 atom stereocenters. The maximum Gasteiger partial charge on any atom is 0.192 e. The molecule has 0 fully saturated rings. The number of aliphatic hydroxyl groups excluding tert-OH is 1. The summed E-state index contributed by atoms with van der Waals surface area (Å²) in [4.78, 5) is 0. The van der Waals surface area contributed by atoms with Gasteiger partial charge in [-0.3, -0.25) is 0 Å². The van der Waals surface area contributed by atoms with Gasteiger partial charge in [-0.2, -0.15) is 0 Å². The van der Waals surface area contributed by atoms with Crippen LogP contribution in [0.25, 0.3) is 0 Å². The Hall–Kier alpha value is -0.543. The van der Waals surface area contributed by atoms with Crippen molar-refractivity contribution < 1.29 is 9.53 Å². The Morgan fingerprint density at radius 2 is 1.15 bits per heavy atom. The minimum atomic E-state index is -1.79. The third kappa shape index (κ3) is 8.56. The molecule has 0 aliphatic carbocycles. The Labute approximate surface area is 218 Å².